The second kappa shape index (κ2) is 6.80. The van der Waals surface area contributed by atoms with Crippen LogP contribution in [0.4, 0.5) is 10.1 Å². The van der Waals surface area contributed by atoms with Gasteiger partial charge >= 0.3 is 0 Å². The molecule has 1 aromatic heterocycles. The van der Waals surface area contributed by atoms with Gasteiger partial charge in [-0.2, -0.15) is 16.6 Å². The van der Waals surface area contributed by atoms with Gasteiger partial charge in [-0.25, -0.2) is 4.39 Å². The molecule has 0 unspecified atom stereocenters. The van der Waals surface area contributed by atoms with Crippen molar-refractivity contribution >= 4 is 22.9 Å². The highest BCUT2D eigenvalue weighted by Gasteiger charge is 2.22. The van der Waals surface area contributed by atoms with E-state index in [4.69, 9.17) is 0 Å². The Hall–Kier alpha value is -2.39. The zero-order valence-corrected chi connectivity index (χ0v) is 13.4. The minimum Gasteiger partial charge on any atom is -0.369 e. The number of nitrogens with zero attached hydrogens (tertiary/aromatic N) is 3. The van der Waals surface area contributed by atoms with Crippen LogP contribution in [0, 0.1) is 17.1 Å². The Morgan fingerprint density at radius 3 is 2.83 bits per heavy atom. The summed E-state index contributed by atoms with van der Waals surface area (Å²) in [5.74, 6) is -0.465. The van der Waals surface area contributed by atoms with E-state index in [0.29, 0.717) is 37.4 Å². The molecule has 1 aliphatic heterocycles. The number of amides is 1. The van der Waals surface area contributed by atoms with Crippen LogP contribution in [-0.2, 0) is 0 Å². The predicted octanol–water partition coefficient (Wildman–Crippen LogP) is 3.11. The third-order valence-electron chi connectivity index (χ3n) is 4.00. The third kappa shape index (κ3) is 3.20. The maximum absolute atomic E-state index is 13.8. The molecule has 0 saturated carbocycles. The van der Waals surface area contributed by atoms with Gasteiger partial charge < -0.3 is 9.80 Å². The fourth-order valence-electron chi connectivity index (χ4n) is 2.82. The van der Waals surface area contributed by atoms with Crippen molar-refractivity contribution in [1.82, 2.24) is 4.90 Å². The average Bonchev–Trinajstić information content (AvgIpc) is 2.99. The number of hydrogen-bond donors (Lipinski definition) is 0. The molecule has 0 radical (unpaired) electrons. The van der Waals surface area contributed by atoms with Crippen LogP contribution in [0.25, 0.3) is 0 Å². The second-order valence-corrected chi connectivity index (χ2v) is 6.17. The van der Waals surface area contributed by atoms with Crippen molar-refractivity contribution in [2.75, 3.05) is 31.1 Å². The number of carbonyl (C=O) groups is 1. The van der Waals surface area contributed by atoms with Crippen LogP contribution in [0.1, 0.15) is 22.3 Å². The first kappa shape index (κ1) is 15.5. The lowest BCUT2D eigenvalue weighted by molar-refractivity contribution is 0.0767. The highest BCUT2D eigenvalue weighted by Crippen LogP contribution is 2.24. The number of nitriles is 1. The van der Waals surface area contributed by atoms with E-state index in [2.05, 4.69) is 0 Å². The number of benzene rings is 1. The second-order valence-electron chi connectivity index (χ2n) is 5.39. The summed E-state index contributed by atoms with van der Waals surface area (Å²) in [6, 6.07) is 8.45. The molecule has 1 amide bonds. The topological polar surface area (TPSA) is 47.3 Å². The van der Waals surface area contributed by atoms with Crippen LogP contribution in [0.3, 0.4) is 0 Å². The first-order valence-corrected chi connectivity index (χ1v) is 8.40. The van der Waals surface area contributed by atoms with Crippen LogP contribution >= 0.6 is 11.3 Å². The SMILES string of the molecule is N#Cc1c(F)cccc1N1CCCN(C(=O)c2ccsc2)CC1. The van der Waals surface area contributed by atoms with Crippen LogP contribution in [0.15, 0.2) is 35.0 Å². The smallest absolute Gasteiger partial charge is 0.254 e. The van der Waals surface area contributed by atoms with Crippen molar-refractivity contribution in [3.8, 4) is 6.07 Å². The summed E-state index contributed by atoms with van der Waals surface area (Å²) >= 11 is 1.51. The Morgan fingerprint density at radius 2 is 2.09 bits per heavy atom. The average molecular weight is 329 g/mol. The van der Waals surface area contributed by atoms with Gasteiger partial charge in [-0.05, 0) is 30.0 Å². The molecule has 0 bridgehead atoms. The van der Waals surface area contributed by atoms with E-state index in [1.807, 2.05) is 32.7 Å². The molecule has 0 atom stereocenters. The van der Waals surface area contributed by atoms with Crippen molar-refractivity contribution in [3.63, 3.8) is 0 Å². The van der Waals surface area contributed by atoms with E-state index in [0.717, 1.165) is 6.42 Å². The Morgan fingerprint density at radius 1 is 1.22 bits per heavy atom. The van der Waals surface area contributed by atoms with E-state index in [-0.39, 0.29) is 11.5 Å². The van der Waals surface area contributed by atoms with Gasteiger partial charge in [-0.1, -0.05) is 6.07 Å². The Kier molecular flexibility index (Phi) is 4.58. The van der Waals surface area contributed by atoms with E-state index in [9.17, 15) is 14.4 Å². The van der Waals surface area contributed by atoms with Crippen molar-refractivity contribution < 1.29 is 9.18 Å². The predicted molar refractivity (Wildman–Crippen MR) is 88.2 cm³/mol. The number of hydrogen-bond acceptors (Lipinski definition) is 4. The third-order valence-corrected chi connectivity index (χ3v) is 4.68. The van der Waals surface area contributed by atoms with Crippen molar-refractivity contribution in [1.29, 1.82) is 5.26 Å². The quantitative estimate of drug-likeness (QED) is 0.850. The van der Waals surface area contributed by atoms with Gasteiger partial charge in [0.15, 0.2) is 0 Å². The van der Waals surface area contributed by atoms with Crippen LogP contribution in [-0.4, -0.2) is 37.0 Å². The number of anilines is 1. The molecule has 2 aromatic rings. The molecule has 0 aliphatic carbocycles. The Labute approximate surface area is 138 Å². The summed E-state index contributed by atoms with van der Waals surface area (Å²) in [5.41, 5.74) is 1.40. The van der Waals surface area contributed by atoms with Gasteiger partial charge in [0.1, 0.15) is 17.4 Å². The molecule has 1 fully saturated rings. The lowest BCUT2D eigenvalue weighted by Crippen LogP contribution is -2.35. The summed E-state index contributed by atoms with van der Waals surface area (Å²) in [4.78, 5) is 16.3. The van der Waals surface area contributed by atoms with Gasteiger partial charge in [0.2, 0.25) is 0 Å². The van der Waals surface area contributed by atoms with E-state index in [1.54, 1.807) is 12.1 Å². The van der Waals surface area contributed by atoms with Crippen molar-refractivity contribution in [2.45, 2.75) is 6.42 Å². The van der Waals surface area contributed by atoms with Crippen LogP contribution in [0.5, 0.6) is 0 Å². The van der Waals surface area contributed by atoms with Gasteiger partial charge in [0.25, 0.3) is 5.91 Å². The zero-order valence-electron chi connectivity index (χ0n) is 12.5. The lowest BCUT2D eigenvalue weighted by atomic mass is 10.1. The highest BCUT2D eigenvalue weighted by molar-refractivity contribution is 7.08. The van der Waals surface area contributed by atoms with E-state index in [1.165, 1.54) is 17.4 Å². The molecule has 118 valence electrons. The van der Waals surface area contributed by atoms with Crippen LogP contribution in [0.2, 0.25) is 0 Å². The Balaban J connectivity index is 1.76. The van der Waals surface area contributed by atoms with Gasteiger partial charge in [-0.3, -0.25) is 4.79 Å². The lowest BCUT2D eigenvalue weighted by Gasteiger charge is -2.24. The largest absolute Gasteiger partial charge is 0.369 e. The summed E-state index contributed by atoms with van der Waals surface area (Å²) in [7, 11) is 0. The molecule has 0 spiro atoms. The fraction of sp³-hybridized carbons (Fsp3) is 0.294. The summed E-state index contributed by atoms with van der Waals surface area (Å²) in [6.45, 7) is 2.53. The van der Waals surface area contributed by atoms with Gasteiger partial charge in [0.05, 0.1) is 11.3 Å². The molecule has 23 heavy (non-hydrogen) atoms. The Bertz CT molecular complexity index is 739. The standard InChI is InChI=1S/C17H16FN3OS/c18-15-3-1-4-16(14(15)11-19)20-6-2-7-21(9-8-20)17(22)13-5-10-23-12-13/h1,3-5,10,12H,2,6-9H2. The van der Waals surface area contributed by atoms with Crippen molar-refractivity contribution in [3.05, 3.63) is 52.0 Å². The molecular weight excluding hydrogens is 313 g/mol. The minimum atomic E-state index is -0.500. The maximum Gasteiger partial charge on any atom is 0.254 e. The molecule has 4 nitrogen and oxygen atoms in total. The number of halogens is 1. The molecule has 0 N–H and O–H groups in total. The monoisotopic (exact) mass is 329 g/mol. The first-order valence-electron chi connectivity index (χ1n) is 7.45. The molecule has 1 aliphatic rings. The fourth-order valence-corrected chi connectivity index (χ4v) is 3.45. The zero-order chi connectivity index (χ0) is 16.2. The normalized spacial score (nSPS) is 15.1. The number of carbonyl (C=O) groups excluding carboxylic acids is 1. The molecule has 1 aromatic carbocycles. The molecular formula is C17H16FN3OS. The van der Waals surface area contributed by atoms with Crippen LogP contribution < -0.4 is 4.90 Å². The summed E-state index contributed by atoms with van der Waals surface area (Å²) < 4.78 is 13.8. The number of rotatable bonds is 2. The molecule has 3 rings (SSSR count). The minimum absolute atomic E-state index is 0.0350. The van der Waals surface area contributed by atoms with Crippen molar-refractivity contribution in [2.24, 2.45) is 0 Å². The highest BCUT2D eigenvalue weighted by atomic mass is 32.1. The summed E-state index contributed by atoms with van der Waals surface area (Å²) in [5, 5.41) is 12.9. The van der Waals surface area contributed by atoms with E-state index < -0.39 is 5.82 Å². The first-order chi connectivity index (χ1) is 11.2. The summed E-state index contributed by atoms with van der Waals surface area (Å²) in [6.07, 6.45) is 0.789. The van der Waals surface area contributed by atoms with Gasteiger partial charge in [-0.15, -0.1) is 0 Å². The molecule has 2 heterocycles. The number of thiophene rings is 1. The molecule has 6 heteroatoms. The molecule has 1 saturated heterocycles. The van der Waals surface area contributed by atoms with E-state index >= 15 is 0 Å². The maximum atomic E-state index is 13.8. The van der Waals surface area contributed by atoms with Gasteiger partial charge in [0, 0.05) is 31.6 Å².